The molecule has 0 spiro atoms. The van der Waals surface area contributed by atoms with E-state index in [1.807, 2.05) is 19.1 Å². The zero-order valence-electron chi connectivity index (χ0n) is 10.3. The lowest BCUT2D eigenvalue weighted by molar-refractivity contribution is 0.172. The second-order valence-corrected chi connectivity index (χ2v) is 4.74. The Labute approximate surface area is 102 Å². The van der Waals surface area contributed by atoms with Crippen LogP contribution in [0.15, 0.2) is 24.3 Å². The summed E-state index contributed by atoms with van der Waals surface area (Å²) in [7, 11) is 0. The summed E-state index contributed by atoms with van der Waals surface area (Å²) in [5.41, 5.74) is 0.761. The number of aliphatic hydroxyl groups is 1. The van der Waals surface area contributed by atoms with E-state index >= 15 is 0 Å². The van der Waals surface area contributed by atoms with Gasteiger partial charge in [0.2, 0.25) is 0 Å². The van der Waals surface area contributed by atoms with E-state index in [0.29, 0.717) is 6.04 Å². The average molecular weight is 237 g/mol. The maximum Gasteiger partial charge on any atom is 0.127 e. The number of nitrogens with zero attached hydrogens (tertiary/aromatic N) is 1. The van der Waals surface area contributed by atoms with Crippen molar-refractivity contribution in [1.29, 1.82) is 0 Å². The first kappa shape index (κ1) is 12.5. The highest BCUT2D eigenvalue weighted by Crippen LogP contribution is 2.34. The van der Waals surface area contributed by atoms with Crippen LogP contribution in [0.4, 0.5) is 4.39 Å². The molecule has 1 unspecified atom stereocenters. The van der Waals surface area contributed by atoms with Crippen molar-refractivity contribution in [3.63, 3.8) is 0 Å². The molecule has 0 heterocycles. The number of halogens is 1. The fourth-order valence-corrected chi connectivity index (χ4v) is 2.34. The fraction of sp³-hybridized carbons (Fsp3) is 0.571. The van der Waals surface area contributed by atoms with Gasteiger partial charge in [-0.3, -0.25) is 4.90 Å². The van der Waals surface area contributed by atoms with Crippen LogP contribution in [0.5, 0.6) is 0 Å². The van der Waals surface area contributed by atoms with Gasteiger partial charge in [0.25, 0.3) is 0 Å². The van der Waals surface area contributed by atoms with Crippen molar-refractivity contribution in [2.45, 2.75) is 38.3 Å². The van der Waals surface area contributed by atoms with Crippen LogP contribution in [0.2, 0.25) is 0 Å². The molecule has 0 aliphatic heterocycles. The van der Waals surface area contributed by atoms with Crippen LogP contribution in [0.3, 0.4) is 0 Å². The maximum absolute atomic E-state index is 13.7. The minimum absolute atomic E-state index is 0.0928. The van der Waals surface area contributed by atoms with Crippen molar-refractivity contribution in [2.75, 3.05) is 13.2 Å². The van der Waals surface area contributed by atoms with Gasteiger partial charge in [-0.15, -0.1) is 0 Å². The van der Waals surface area contributed by atoms with E-state index in [2.05, 4.69) is 4.90 Å². The quantitative estimate of drug-likeness (QED) is 0.822. The van der Waals surface area contributed by atoms with Gasteiger partial charge >= 0.3 is 0 Å². The van der Waals surface area contributed by atoms with Crippen molar-refractivity contribution >= 4 is 0 Å². The topological polar surface area (TPSA) is 23.5 Å². The molecule has 0 amide bonds. The Morgan fingerprint density at radius 3 is 2.71 bits per heavy atom. The molecular weight excluding hydrogens is 217 g/mol. The molecule has 0 aromatic heterocycles. The summed E-state index contributed by atoms with van der Waals surface area (Å²) in [6, 6.07) is 7.65. The van der Waals surface area contributed by atoms with Crippen molar-refractivity contribution in [1.82, 2.24) is 4.90 Å². The molecule has 1 aliphatic carbocycles. The first-order valence-electron chi connectivity index (χ1n) is 6.35. The molecule has 2 nitrogen and oxygen atoms in total. The smallest absolute Gasteiger partial charge is 0.127 e. The van der Waals surface area contributed by atoms with Gasteiger partial charge in [0.15, 0.2) is 0 Å². The summed E-state index contributed by atoms with van der Waals surface area (Å²) >= 11 is 0. The summed E-state index contributed by atoms with van der Waals surface area (Å²) in [5.74, 6) is -0.130. The normalized spacial score (nSPS) is 17.4. The Kier molecular flexibility index (Phi) is 4.13. The van der Waals surface area contributed by atoms with Gasteiger partial charge in [0.1, 0.15) is 5.82 Å². The zero-order valence-corrected chi connectivity index (χ0v) is 10.3. The lowest BCUT2D eigenvalue weighted by Crippen LogP contribution is -2.31. The van der Waals surface area contributed by atoms with Gasteiger partial charge in [-0.1, -0.05) is 18.2 Å². The number of rotatable bonds is 6. The number of hydrogen-bond donors (Lipinski definition) is 1. The molecule has 1 aliphatic rings. The van der Waals surface area contributed by atoms with E-state index in [1.165, 1.54) is 18.9 Å². The maximum atomic E-state index is 13.7. The Morgan fingerprint density at radius 2 is 2.12 bits per heavy atom. The predicted molar refractivity (Wildman–Crippen MR) is 66.2 cm³/mol. The minimum atomic E-state index is -0.130. The molecule has 17 heavy (non-hydrogen) atoms. The molecule has 1 N–H and O–H groups in total. The Balaban J connectivity index is 2.10. The first-order valence-corrected chi connectivity index (χ1v) is 6.35. The van der Waals surface area contributed by atoms with Gasteiger partial charge in [-0.2, -0.15) is 0 Å². The number of benzene rings is 1. The van der Waals surface area contributed by atoms with Gasteiger partial charge in [0.05, 0.1) is 0 Å². The van der Waals surface area contributed by atoms with Crippen molar-refractivity contribution in [3.05, 3.63) is 35.6 Å². The molecule has 1 saturated carbocycles. The van der Waals surface area contributed by atoms with Crippen molar-refractivity contribution in [3.8, 4) is 0 Å². The Bertz CT molecular complexity index is 365. The SMILES string of the molecule is CC(c1ccccc1F)N(CCCO)C1CC1. The number of hydrogen-bond acceptors (Lipinski definition) is 2. The summed E-state index contributed by atoms with van der Waals surface area (Å²) in [4.78, 5) is 2.31. The third-order valence-corrected chi connectivity index (χ3v) is 3.44. The van der Waals surface area contributed by atoms with Crippen LogP contribution < -0.4 is 0 Å². The Hall–Kier alpha value is -0.930. The monoisotopic (exact) mass is 237 g/mol. The van der Waals surface area contributed by atoms with Gasteiger partial charge < -0.3 is 5.11 Å². The first-order chi connectivity index (χ1) is 8.24. The standard InChI is InChI=1S/C14H20FNO/c1-11(13-5-2-3-6-14(13)15)16(9-4-10-17)12-7-8-12/h2-3,5-6,11-12,17H,4,7-10H2,1H3. The van der Waals surface area contributed by atoms with Crippen molar-refractivity contribution in [2.24, 2.45) is 0 Å². The lowest BCUT2D eigenvalue weighted by atomic mass is 10.1. The van der Waals surface area contributed by atoms with Crippen LogP contribution in [0, 0.1) is 5.82 Å². The van der Waals surface area contributed by atoms with E-state index in [-0.39, 0.29) is 18.5 Å². The molecule has 0 radical (unpaired) electrons. The highest BCUT2D eigenvalue weighted by Gasteiger charge is 2.32. The summed E-state index contributed by atoms with van der Waals surface area (Å²) in [5, 5.41) is 8.92. The fourth-order valence-electron chi connectivity index (χ4n) is 2.34. The van der Waals surface area contributed by atoms with E-state index < -0.39 is 0 Å². The summed E-state index contributed by atoms with van der Waals surface area (Å²) in [6.07, 6.45) is 3.16. The zero-order chi connectivity index (χ0) is 12.3. The van der Waals surface area contributed by atoms with Gasteiger partial charge in [-0.05, 0) is 32.3 Å². The van der Waals surface area contributed by atoms with Crippen LogP contribution >= 0.6 is 0 Å². The minimum Gasteiger partial charge on any atom is -0.396 e. The highest BCUT2D eigenvalue weighted by atomic mass is 19.1. The van der Waals surface area contributed by atoms with Crippen LogP contribution in [-0.4, -0.2) is 29.2 Å². The molecule has 3 heteroatoms. The third kappa shape index (κ3) is 3.05. The Morgan fingerprint density at radius 1 is 1.41 bits per heavy atom. The van der Waals surface area contributed by atoms with Gasteiger partial charge in [0, 0.05) is 30.8 Å². The molecule has 2 rings (SSSR count). The summed E-state index contributed by atoms with van der Waals surface area (Å²) in [6.45, 7) is 3.10. The third-order valence-electron chi connectivity index (χ3n) is 3.44. The molecule has 1 fully saturated rings. The molecule has 0 bridgehead atoms. The highest BCUT2D eigenvalue weighted by molar-refractivity contribution is 5.21. The van der Waals surface area contributed by atoms with Crippen LogP contribution in [0.25, 0.3) is 0 Å². The largest absolute Gasteiger partial charge is 0.396 e. The van der Waals surface area contributed by atoms with E-state index in [4.69, 9.17) is 5.11 Å². The van der Waals surface area contributed by atoms with Crippen molar-refractivity contribution < 1.29 is 9.50 Å². The van der Waals surface area contributed by atoms with Gasteiger partial charge in [-0.25, -0.2) is 4.39 Å². The summed E-state index contributed by atoms with van der Waals surface area (Å²) < 4.78 is 13.7. The van der Waals surface area contributed by atoms with E-state index in [0.717, 1.165) is 18.5 Å². The van der Waals surface area contributed by atoms with E-state index in [1.54, 1.807) is 6.07 Å². The second-order valence-electron chi connectivity index (χ2n) is 4.74. The van der Waals surface area contributed by atoms with Crippen LogP contribution in [0.1, 0.15) is 37.8 Å². The molecule has 94 valence electrons. The van der Waals surface area contributed by atoms with E-state index in [9.17, 15) is 4.39 Å². The average Bonchev–Trinajstić information content (AvgIpc) is 3.14. The molecule has 0 saturated heterocycles. The van der Waals surface area contributed by atoms with Crippen LogP contribution in [-0.2, 0) is 0 Å². The molecular formula is C14H20FNO. The predicted octanol–water partition coefficient (Wildman–Crippen LogP) is 2.73. The number of aliphatic hydroxyl groups excluding tert-OH is 1. The lowest BCUT2D eigenvalue weighted by Gasteiger charge is -2.29. The molecule has 1 aromatic rings. The molecule has 1 aromatic carbocycles. The second kappa shape index (κ2) is 5.61. The molecule has 1 atom stereocenters.